The number of aliphatic imine (C=N–C) groups is 1. The predicted octanol–water partition coefficient (Wildman–Crippen LogP) is 3.61. The highest BCUT2D eigenvalue weighted by atomic mass is 16.3. The third-order valence-corrected chi connectivity index (χ3v) is 3.87. The van der Waals surface area contributed by atoms with Crippen LogP contribution >= 0.6 is 0 Å². The van der Waals surface area contributed by atoms with Gasteiger partial charge in [-0.3, -0.25) is 4.99 Å². The van der Waals surface area contributed by atoms with Crippen LogP contribution in [0.3, 0.4) is 0 Å². The van der Waals surface area contributed by atoms with Gasteiger partial charge in [0.1, 0.15) is 0 Å². The van der Waals surface area contributed by atoms with Gasteiger partial charge in [-0.05, 0) is 12.8 Å². The molecule has 0 saturated carbocycles. The zero-order chi connectivity index (χ0) is 13.8. The molecule has 0 unspecified atom stereocenters. The van der Waals surface area contributed by atoms with Crippen molar-refractivity contribution in [3.8, 4) is 0 Å². The van der Waals surface area contributed by atoms with Gasteiger partial charge in [-0.1, -0.05) is 51.9 Å². The van der Waals surface area contributed by atoms with E-state index in [1.54, 1.807) is 0 Å². The Labute approximate surface area is 119 Å². The molecule has 1 aliphatic heterocycles. The largest absolute Gasteiger partial charge is 0.396 e. The summed E-state index contributed by atoms with van der Waals surface area (Å²) in [5.74, 6) is 1.29. The van der Waals surface area contributed by atoms with Gasteiger partial charge >= 0.3 is 0 Å². The Morgan fingerprint density at radius 1 is 1.00 bits per heavy atom. The highest BCUT2D eigenvalue weighted by Crippen LogP contribution is 2.13. The van der Waals surface area contributed by atoms with Gasteiger partial charge in [0, 0.05) is 26.1 Å². The number of unbranched alkanes of at least 4 members (excludes halogenated alkanes) is 7. The fraction of sp³-hybridized carbons (Fsp3) is 0.938. The average molecular weight is 268 g/mol. The highest BCUT2D eigenvalue weighted by molar-refractivity contribution is 5.83. The topological polar surface area (TPSA) is 35.8 Å². The maximum atomic E-state index is 8.88. The summed E-state index contributed by atoms with van der Waals surface area (Å²) in [6, 6.07) is 0. The second-order valence-electron chi connectivity index (χ2n) is 5.59. The Balaban J connectivity index is 1.96. The first-order valence-electron chi connectivity index (χ1n) is 8.27. The van der Waals surface area contributed by atoms with Gasteiger partial charge in [-0.25, -0.2) is 0 Å². The predicted molar refractivity (Wildman–Crippen MR) is 82.8 cm³/mol. The lowest BCUT2D eigenvalue weighted by atomic mass is 10.1. The van der Waals surface area contributed by atoms with Crippen LogP contribution in [0, 0.1) is 0 Å². The van der Waals surface area contributed by atoms with Crippen molar-refractivity contribution in [1.29, 1.82) is 0 Å². The van der Waals surface area contributed by atoms with Gasteiger partial charge in [0.25, 0.3) is 0 Å². The summed E-state index contributed by atoms with van der Waals surface area (Å²) >= 11 is 0. The van der Waals surface area contributed by atoms with Gasteiger partial charge < -0.3 is 10.0 Å². The second kappa shape index (κ2) is 11.3. The lowest BCUT2D eigenvalue weighted by Crippen LogP contribution is -2.29. The van der Waals surface area contributed by atoms with Crippen molar-refractivity contribution in [2.24, 2.45) is 4.99 Å². The van der Waals surface area contributed by atoms with Crippen molar-refractivity contribution in [1.82, 2.24) is 4.90 Å². The van der Waals surface area contributed by atoms with E-state index in [4.69, 9.17) is 5.11 Å². The summed E-state index contributed by atoms with van der Waals surface area (Å²) in [4.78, 5) is 6.95. The molecule has 112 valence electrons. The number of amidine groups is 1. The van der Waals surface area contributed by atoms with Crippen LogP contribution in [0.4, 0.5) is 0 Å². The van der Waals surface area contributed by atoms with Gasteiger partial charge in [-0.2, -0.15) is 0 Å². The van der Waals surface area contributed by atoms with Crippen LogP contribution in [-0.2, 0) is 0 Å². The average Bonchev–Trinajstić information content (AvgIpc) is 2.87. The molecule has 0 atom stereocenters. The molecule has 0 aromatic rings. The maximum absolute atomic E-state index is 8.88. The zero-order valence-electron chi connectivity index (χ0n) is 12.7. The molecular formula is C16H32N2O. The second-order valence-corrected chi connectivity index (χ2v) is 5.59. The molecule has 1 aliphatic rings. The van der Waals surface area contributed by atoms with Crippen LogP contribution in [0.1, 0.15) is 71.1 Å². The lowest BCUT2D eigenvalue weighted by Gasteiger charge is -2.19. The van der Waals surface area contributed by atoms with E-state index in [2.05, 4.69) is 16.8 Å². The zero-order valence-corrected chi connectivity index (χ0v) is 12.7. The molecule has 0 aromatic carbocycles. The van der Waals surface area contributed by atoms with E-state index in [1.165, 1.54) is 57.2 Å². The molecule has 0 spiro atoms. The Morgan fingerprint density at radius 2 is 1.68 bits per heavy atom. The molecule has 1 rings (SSSR count). The molecule has 19 heavy (non-hydrogen) atoms. The monoisotopic (exact) mass is 268 g/mol. The first-order chi connectivity index (χ1) is 9.38. The van der Waals surface area contributed by atoms with Gasteiger partial charge in [-0.15, -0.1) is 0 Å². The third kappa shape index (κ3) is 7.56. The van der Waals surface area contributed by atoms with Crippen molar-refractivity contribution in [2.45, 2.75) is 71.1 Å². The molecule has 1 heterocycles. The van der Waals surface area contributed by atoms with E-state index < -0.39 is 0 Å². The van der Waals surface area contributed by atoms with E-state index in [9.17, 15) is 0 Å². The van der Waals surface area contributed by atoms with Crippen LogP contribution < -0.4 is 0 Å². The number of rotatable bonds is 12. The van der Waals surface area contributed by atoms with Crippen molar-refractivity contribution < 1.29 is 5.11 Å². The SMILES string of the molecule is CCCCCCCCCCC1=NCCN1CCCO. The van der Waals surface area contributed by atoms with Crippen molar-refractivity contribution in [2.75, 3.05) is 26.2 Å². The van der Waals surface area contributed by atoms with Crippen molar-refractivity contribution in [3.05, 3.63) is 0 Å². The van der Waals surface area contributed by atoms with E-state index in [1.807, 2.05) is 0 Å². The normalized spacial score (nSPS) is 15.1. The Hall–Kier alpha value is -0.570. The van der Waals surface area contributed by atoms with Crippen LogP contribution in [0.5, 0.6) is 0 Å². The first kappa shape index (κ1) is 16.5. The molecule has 0 radical (unpaired) electrons. The summed E-state index contributed by atoms with van der Waals surface area (Å²) in [5, 5.41) is 8.88. The van der Waals surface area contributed by atoms with Gasteiger partial charge in [0.05, 0.1) is 12.4 Å². The van der Waals surface area contributed by atoms with Crippen LogP contribution in [-0.4, -0.2) is 42.1 Å². The Morgan fingerprint density at radius 3 is 2.37 bits per heavy atom. The first-order valence-corrected chi connectivity index (χ1v) is 8.27. The minimum atomic E-state index is 0.293. The fourth-order valence-electron chi connectivity index (χ4n) is 2.69. The minimum Gasteiger partial charge on any atom is -0.396 e. The Kier molecular flexibility index (Phi) is 9.78. The molecule has 3 heteroatoms. The summed E-state index contributed by atoms with van der Waals surface area (Å²) < 4.78 is 0. The number of aliphatic hydroxyl groups is 1. The molecule has 0 bridgehead atoms. The standard InChI is InChI=1S/C16H32N2O/c1-2-3-4-5-6-7-8-9-11-16-17-12-14-18(16)13-10-15-19/h19H,2-15H2,1H3. The summed E-state index contributed by atoms with van der Waals surface area (Å²) in [5.41, 5.74) is 0. The lowest BCUT2D eigenvalue weighted by molar-refractivity contribution is 0.269. The van der Waals surface area contributed by atoms with E-state index >= 15 is 0 Å². The fourth-order valence-corrected chi connectivity index (χ4v) is 2.69. The minimum absolute atomic E-state index is 0.293. The summed E-state index contributed by atoms with van der Waals surface area (Å²) in [6.07, 6.45) is 13.0. The molecular weight excluding hydrogens is 236 g/mol. The third-order valence-electron chi connectivity index (χ3n) is 3.87. The summed E-state index contributed by atoms with van der Waals surface area (Å²) in [7, 11) is 0. The van der Waals surface area contributed by atoms with E-state index in [0.29, 0.717) is 6.61 Å². The molecule has 0 aliphatic carbocycles. The van der Waals surface area contributed by atoms with Crippen LogP contribution in [0.25, 0.3) is 0 Å². The molecule has 0 fully saturated rings. The van der Waals surface area contributed by atoms with Crippen LogP contribution in [0.15, 0.2) is 4.99 Å². The van der Waals surface area contributed by atoms with Crippen LogP contribution in [0.2, 0.25) is 0 Å². The van der Waals surface area contributed by atoms with E-state index in [0.717, 1.165) is 32.5 Å². The smallest absolute Gasteiger partial charge is 0.0990 e. The number of hydrogen-bond acceptors (Lipinski definition) is 3. The number of hydrogen-bond donors (Lipinski definition) is 1. The molecule has 1 N–H and O–H groups in total. The van der Waals surface area contributed by atoms with Crippen molar-refractivity contribution >= 4 is 5.84 Å². The maximum Gasteiger partial charge on any atom is 0.0990 e. The van der Waals surface area contributed by atoms with Gasteiger partial charge in [0.2, 0.25) is 0 Å². The molecule has 0 amide bonds. The molecule has 0 aromatic heterocycles. The number of nitrogens with zero attached hydrogens (tertiary/aromatic N) is 2. The molecule has 0 saturated heterocycles. The Bertz CT molecular complexity index is 241. The van der Waals surface area contributed by atoms with Crippen molar-refractivity contribution in [3.63, 3.8) is 0 Å². The van der Waals surface area contributed by atoms with Gasteiger partial charge in [0.15, 0.2) is 0 Å². The van der Waals surface area contributed by atoms with E-state index in [-0.39, 0.29) is 0 Å². The quantitative estimate of drug-likeness (QED) is 0.549. The number of aliphatic hydroxyl groups excluding tert-OH is 1. The molecule has 3 nitrogen and oxygen atoms in total. The summed E-state index contributed by atoms with van der Waals surface area (Å²) in [6.45, 7) is 5.56. The highest BCUT2D eigenvalue weighted by Gasteiger charge is 2.15.